The summed E-state index contributed by atoms with van der Waals surface area (Å²) in [6.45, 7) is 13.0. The van der Waals surface area contributed by atoms with Gasteiger partial charge in [-0.15, -0.1) is 11.3 Å². The molecule has 0 N–H and O–H groups in total. The Hall–Kier alpha value is -1.56. The molecule has 1 heterocycles. The van der Waals surface area contributed by atoms with Gasteiger partial charge in [-0.25, -0.2) is 0 Å². The minimum Gasteiger partial charge on any atom is -0.496 e. The van der Waals surface area contributed by atoms with Crippen LogP contribution in [0.5, 0.6) is 5.75 Å². The van der Waals surface area contributed by atoms with Crippen molar-refractivity contribution in [2.75, 3.05) is 32.2 Å². The van der Waals surface area contributed by atoms with Gasteiger partial charge >= 0.3 is 0 Å². The Morgan fingerprint density at radius 3 is 2.48 bits per heavy atom. The largest absolute Gasteiger partial charge is 0.496 e. The summed E-state index contributed by atoms with van der Waals surface area (Å²) >= 11 is 1.73. The topological polar surface area (TPSA) is 21.7 Å². The molecule has 0 radical (unpaired) electrons. The second kappa shape index (κ2) is 9.09. The first-order chi connectivity index (χ1) is 12.6. The predicted octanol–water partition coefficient (Wildman–Crippen LogP) is 6.39. The molecule has 0 atom stereocenters. The van der Waals surface area contributed by atoms with Gasteiger partial charge in [-0.05, 0) is 53.9 Å². The summed E-state index contributed by atoms with van der Waals surface area (Å²) in [5.41, 5.74) is 2.22. The molecular weight excluding hydrogens is 370 g/mol. The van der Waals surface area contributed by atoms with Gasteiger partial charge in [0, 0.05) is 35.8 Å². The third kappa shape index (κ3) is 5.96. The summed E-state index contributed by atoms with van der Waals surface area (Å²) in [4.78, 5) is 3.46. The Morgan fingerprint density at radius 1 is 1.15 bits per heavy atom. The second-order valence-electron chi connectivity index (χ2n) is 8.31. The minimum absolute atomic E-state index is 0.241. The number of thiophene rings is 1. The molecule has 0 unspecified atom stereocenters. The van der Waals surface area contributed by atoms with Crippen LogP contribution in [0, 0.1) is 0 Å². The molecular formula is C22H33NO2SSi. The molecule has 148 valence electrons. The lowest BCUT2D eigenvalue weighted by Gasteiger charge is -2.36. The summed E-state index contributed by atoms with van der Waals surface area (Å²) in [7, 11) is 2.13. The van der Waals surface area contributed by atoms with Gasteiger partial charge in [-0.3, -0.25) is 0 Å². The van der Waals surface area contributed by atoms with E-state index in [1.165, 1.54) is 4.88 Å². The molecule has 0 spiro atoms. The van der Waals surface area contributed by atoms with Gasteiger partial charge in [-0.2, -0.15) is 0 Å². The summed E-state index contributed by atoms with van der Waals surface area (Å²) in [5.74, 6) is 0.887. The van der Waals surface area contributed by atoms with Crippen molar-refractivity contribution in [2.45, 2.75) is 38.9 Å². The van der Waals surface area contributed by atoms with Gasteiger partial charge in [0.2, 0.25) is 0 Å². The molecule has 0 amide bonds. The van der Waals surface area contributed by atoms with E-state index in [-0.39, 0.29) is 5.04 Å². The Kier molecular flexibility index (Phi) is 7.31. The fraction of sp³-hybridized carbons (Fsp3) is 0.455. The van der Waals surface area contributed by atoms with Crippen LogP contribution in [0.2, 0.25) is 18.1 Å². The molecule has 0 saturated heterocycles. The minimum atomic E-state index is -1.70. The monoisotopic (exact) mass is 403 g/mol. The summed E-state index contributed by atoms with van der Waals surface area (Å²) < 4.78 is 11.9. The first-order valence-electron chi connectivity index (χ1n) is 9.39. The molecule has 1 aromatic heterocycles. The maximum absolute atomic E-state index is 6.30. The van der Waals surface area contributed by atoms with Crippen LogP contribution < -0.4 is 9.64 Å². The van der Waals surface area contributed by atoms with Gasteiger partial charge in [0.1, 0.15) is 5.75 Å². The van der Waals surface area contributed by atoms with E-state index >= 15 is 0 Å². The van der Waals surface area contributed by atoms with Crippen LogP contribution >= 0.6 is 11.3 Å². The van der Waals surface area contributed by atoms with E-state index in [2.05, 4.69) is 93.7 Å². The summed E-state index contributed by atoms with van der Waals surface area (Å²) in [6.07, 6.45) is 4.23. The van der Waals surface area contributed by atoms with E-state index in [4.69, 9.17) is 9.16 Å². The molecule has 0 saturated carbocycles. The Labute approximate surface area is 169 Å². The molecule has 3 nitrogen and oxygen atoms in total. The number of anilines is 1. The van der Waals surface area contributed by atoms with Crippen molar-refractivity contribution in [2.24, 2.45) is 0 Å². The quantitative estimate of drug-likeness (QED) is 0.477. The average molecular weight is 404 g/mol. The number of nitrogens with zero attached hydrogens (tertiary/aromatic N) is 1. The van der Waals surface area contributed by atoms with Crippen LogP contribution in [-0.4, -0.2) is 35.6 Å². The highest BCUT2D eigenvalue weighted by Gasteiger charge is 2.36. The molecule has 0 aliphatic rings. The van der Waals surface area contributed by atoms with Gasteiger partial charge in [0.25, 0.3) is 0 Å². The SMILES string of the molecule is COc1cc(N(C)CCO[Si](C)(C)C(C)(C)C)ccc1/C=C/c1cccs1. The number of ether oxygens (including phenoxy) is 1. The van der Waals surface area contributed by atoms with E-state index in [9.17, 15) is 0 Å². The van der Waals surface area contributed by atoms with E-state index in [0.29, 0.717) is 0 Å². The van der Waals surface area contributed by atoms with Crippen molar-refractivity contribution in [3.05, 3.63) is 46.2 Å². The van der Waals surface area contributed by atoms with E-state index < -0.39 is 8.32 Å². The lowest BCUT2D eigenvalue weighted by Crippen LogP contribution is -2.42. The third-order valence-corrected chi connectivity index (χ3v) is 10.7. The number of hydrogen-bond acceptors (Lipinski definition) is 4. The van der Waals surface area contributed by atoms with Crippen LogP contribution in [0.1, 0.15) is 31.2 Å². The molecule has 0 fully saturated rings. The van der Waals surface area contributed by atoms with Crippen LogP contribution in [-0.2, 0) is 4.43 Å². The van der Waals surface area contributed by atoms with Crippen molar-refractivity contribution >= 4 is 37.5 Å². The van der Waals surface area contributed by atoms with Crippen LogP contribution in [0.3, 0.4) is 0 Å². The van der Waals surface area contributed by atoms with Crippen molar-refractivity contribution < 1.29 is 9.16 Å². The Morgan fingerprint density at radius 2 is 1.89 bits per heavy atom. The van der Waals surface area contributed by atoms with Gasteiger partial charge in [0.05, 0.1) is 13.7 Å². The average Bonchev–Trinajstić information content (AvgIpc) is 3.12. The maximum atomic E-state index is 6.30. The highest BCUT2D eigenvalue weighted by atomic mass is 32.1. The van der Waals surface area contributed by atoms with Crippen molar-refractivity contribution in [3.63, 3.8) is 0 Å². The lowest BCUT2D eigenvalue weighted by atomic mass is 10.1. The molecule has 0 bridgehead atoms. The predicted molar refractivity (Wildman–Crippen MR) is 123 cm³/mol. The number of hydrogen-bond donors (Lipinski definition) is 0. The van der Waals surface area contributed by atoms with Crippen molar-refractivity contribution in [1.29, 1.82) is 0 Å². The maximum Gasteiger partial charge on any atom is 0.192 e. The van der Waals surface area contributed by atoms with Crippen LogP contribution in [0.25, 0.3) is 12.2 Å². The van der Waals surface area contributed by atoms with Crippen molar-refractivity contribution in [3.8, 4) is 5.75 Å². The molecule has 1 aromatic carbocycles. The molecule has 2 rings (SSSR count). The van der Waals surface area contributed by atoms with E-state index in [1.54, 1.807) is 18.4 Å². The zero-order valence-corrected chi connectivity index (χ0v) is 19.5. The number of benzene rings is 1. The smallest absolute Gasteiger partial charge is 0.192 e. The van der Waals surface area contributed by atoms with Gasteiger partial charge in [-0.1, -0.05) is 26.8 Å². The van der Waals surface area contributed by atoms with Crippen LogP contribution in [0.15, 0.2) is 35.7 Å². The Bertz CT molecular complexity index is 748. The van der Waals surface area contributed by atoms with E-state index in [1.807, 2.05) is 0 Å². The van der Waals surface area contributed by atoms with E-state index in [0.717, 1.165) is 30.2 Å². The molecule has 0 aliphatic heterocycles. The second-order valence-corrected chi connectivity index (χ2v) is 14.1. The third-order valence-electron chi connectivity index (χ3n) is 5.32. The number of likely N-dealkylation sites (N-methyl/N-ethyl adjacent to an activating group) is 1. The highest BCUT2D eigenvalue weighted by Crippen LogP contribution is 2.36. The molecule has 5 heteroatoms. The lowest BCUT2D eigenvalue weighted by molar-refractivity contribution is 0.296. The summed E-state index contributed by atoms with van der Waals surface area (Å²) in [6, 6.07) is 10.5. The molecule has 27 heavy (non-hydrogen) atoms. The Balaban J connectivity index is 2.01. The highest BCUT2D eigenvalue weighted by molar-refractivity contribution is 7.10. The standard InChI is InChI=1S/C22H33NO2SSi/c1-22(2,3)27(6,7)25-15-14-23(4)19-12-10-18(21(17-19)24-5)11-13-20-9-8-16-26-20/h8-13,16-17H,14-15H2,1-7H3/b13-11+. The first-order valence-corrected chi connectivity index (χ1v) is 13.2. The van der Waals surface area contributed by atoms with Crippen LogP contribution in [0.4, 0.5) is 5.69 Å². The molecule has 0 aliphatic carbocycles. The zero-order chi connectivity index (χ0) is 20.1. The fourth-order valence-electron chi connectivity index (χ4n) is 2.42. The first kappa shape index (κ1) is 21.7. The zero-order valence-electron chi connectivity index (χ0n) is 17.7. The van der Waals surface area contributed by atoms with Crippen molar-refractivity contribution in [1.82, 2.24) is 0 Å². The number of methoxy groups -OCH3 is 1. The normalized spacial score (nSPS) is 12.6. The van der Waals surface area contributed by atoms with Gasteiger partial charge in [0.15, 0.2) is 8.32 Å². The number of rotatable bonds is 8. The molecule has 2 aromatic rings. The summed E-state index contributed by atoms with van der Waals surface area (Å²) in [5, 5.41) is 2.33. The fourth-order valence-corrected chi connectivity index (χ4v) is 4.07. The van der Waals surface area contributed by atoms with Gasteiger partial charge < -0.3 is 14.1 Å².